The normalized spacial score (nSPS) is 28.1. The topological polar surface area (TPSA) is 160 Å². The number of aliphatic carboxylic acids is 1. The summed E-state index contributed by atoms with van der Waals surface area (Å²) in [5, 5.41) is 28.1. The second-order valence-corrected chi connectivity index (χ2v) is 15.3. The number of alkyl carbamates (subject to hydrolysis) is 1. The van der Waals surface area contributed by atoms with Gasteiger partial charge in [0.1, 0.15) is 23.7 Å². The first-order valence-corrected chi connectivity index (χ1v) is 19.3. The lowest BCUT2D eigenvalue weighted by molar-refractivity contribution is -0.145. The molecule has 0 bridgehead atoms. The minimum atomic E-state index is -1.47. The molecule has 3 fully saturated rings. The van der Waals surface area contributed by atoms with Gasteiger partial charge >= 0.3 is 12.1 Å². The van der Waals surface area contributed by atoms with E-state index in [9.17, 15) is 29.1 Å². The Labute approximate surface area is 297 Å². The zero-order chi connectivity index (χ0) is 34.8. The van der Waals surface area contributed by atoms with Gasteiger partial charge in [0.15, 0.2) is 0 Å². The number of carbonyl (C=O) groups is 4. The summed E-state index contributed by atoms with van der Waals surface area (Å²) in [5.74, 6) is -2.57. The van der Waals surface area contributed by atoms with Gasteiger partial charge in [-0.2, -0.15) is 27.8 Å². The fourth-order valence-electron chi connectivity index (χ4n) is 7.64. The van der Waals surface area contributed by atoms with E-state index in [2.05, 4.69) is 15.7 Å². The number of hydrogen-bond acceptors (Lipinski definition) is 9. The number of ether oxygens (including phenoxy) is 1. The number of carboxylic acid groups (broad SMARTS) is 1. The highest BCUT2D eigenvalue weighted by Crippen LogP contribution is 2.45. The molecule has 0 spiro atoms. The molecule has 14 heteroatoms. The van der Waals surface area contributed by atoms with Crippen LogP contribution in [0.25, 0.3) is 22.3 Å². The molecule has 3 amide bonds. The highest BCUT2D eigenvalue weighted by Gasteiger charge is 2.61. The van der Waals surface area contributed by atoms with Crippen LogP contribution >= 0.6 is 22.7 Å². The van der Waals surface area contributed by atoms with Crippen molar-refractivity contribution in [3.05, 3.63) is 62.4 Å². The Kier molecular flexibility index (Phi) is 9.91. The van der Waals surface area contributed by atoms with Crippen LogP contribution in [-0.4, -0.2) is 73.9 Å². The number of rotatable bonds is 6. The number of thiophene rings is 2. The van der Waals surface area contributed by atoms with E-state index in [-0.39, 0.29) is 37.0 Å². The van der Waals surface area contributed by atoms with E-state index in [0.717, 1.165) is 56.1 Å². The van der Waals surface area contributed by atoms with E-state index in [1.54, 1.807) is 6.20 Å². The lowest BCUT2D eigenvalue weighted by Crippen LogP contribution is -2.56. The second-order valence-electron chi connectivity index (χ2n) is 13.8. The zero-order valence-electron chi connectivity index (χ0n) is 27.6. The van der Waals surface area contributed by atoms with Crippen molar-refractivity contribution in [3.63, 3.8) is 0 Å². The molecule has 4 aliphatic rings. The molecule has 0 radical (unpaired) electrons. The van der Waals surface area contributed by atoms with Crippen LogP contribution in [0.15, 0.2) is 56.8 Å². The predicted octanol–water partition coefficient (Wildman–Crippen LogP) is 5.36. The van der Waals surface area contributed by atoms with Crippen molar-refractivity contribution in [2.24, 2.45) is 5.92 Å². The number of carboxylic acids is 1. The summed E-state index contributed by atoms with van der Waals surface area (Å²) >= 11 is 2.99. The number of hydrogen-bond donors (Lipinski definition) is 3. The number of fused-ring (bicyclic) bond motifs is 2. The summed E-state index contributed by atoms with van der Waals surface area (Å²) in [6.07, 6.45) is 11.8. The lowest BCUT2D eigenvalue weighted by Gasteiger charge is -2.29. The van der Waals surface area contributed by atoms with Gasteiger partial charge in [-0.3, -0.25) is 14.4 Å². The standard InChI is InChI=1S/C36H41N5O7S2/c42-31-29-16-25(41-33(44)30(23-13-15-50-21-23)27(18-37-41)22-12-14-49-20-22)19-40(29)32(43)28(38-35(47)48-26-9-6-7-10-26)11-5-3-1-2-4-8-24-17-36(24,39-31)34(45)46/h4,8,12-15,18,20-21,24-26,28-29H,1-3,5-7,9-11,16-17,19H2,(H,38,47)(H,39,42)(H,45,46)/b8-4-/t24?,25-,28+,29-,36-/m0/s1. The minimum Gasteiger partial charge on any atom is -0.479 e. The minimum absolute atomic E-state index is 0.0239. The second kappa shape index (κ2) is 14.5. The molecule has 5 heterocycles. The molecule has 3 aromatic rings. The van der Waals surface area contributed by atoms with Gasteiger partial charge in [-0.15, -0.1) is 0 Å². The van der Waals surface area contributed by atoms with Crippen molar-refractivity contribution in [1.29, 1.82) is 0 Å². The summed E-state index contributed by atoms with van der Waals surface area (Å²) < 4.78 is 7.00. The Balaban J connectivity index is 1.23. The quantitative estimate of drug-likeness (QED) is 0.287. The van der Waals surface area contributed by atoms with Crippen molar-refractivity contribution in [3.8, 4) is 22.3 Å². The molecule has 1 saturated heterocycles. The Morgan fingerprint density at radius 3 is 2.46 bits per heavy atom. The van der Waals surface area contributed by atoms with Crippen LogP contribution < -0.4 is 16.2 Å². The molecule has 50 heavy (non-hydrogen) atoms. The molecule has 3 aromatic heterocycles. The first-order valence-electron chi connectivity index (χ1n) is 17.4. The van der Waals surface area contributed by atoms with Crippen LogP contribution in [0.5, 0.6) is 0 Å². The van der Waals surface area contributed by atoms with Gasteiger partial charge in [-0.25, -0.2) is 14.3 Å². The smallest absolute Gasteiger partial charge is 0.408 e. The summed E-state index contributed by atoms with van der Waals surface area (Å²) in [6, 6.07) is 1.07. The predicted molar refractivity (Wildman–Crippen MR) is 189 cm³/mol. The molecular weight excluding hydrogens is 679 g/mol. The maximum Gasteiger partial charge on any atom is 0.408 e. The Hall–Kier alpha value is -4.30. The lowest BCUT2D eigenvalue weighted by atomic mass is 10.0. The summed E-state index contributed by atoms with van der Waals surface area (Å²) in [6.45, 7) is -0.0239. The van der Waals surface area contributed by atoms with Crippen LogP contribution in [0.1, 0.15) is 76.7 Å². The van der Waals surface area contributed by atoms with E-state index in [4.69, 9.17) is 4.74 Å². The molecular formula is C36H41N5O7S2. The largest absolute Gasteiger partial charge is 0.479 e. The van der Waals surface area contributed by atoms with Crippen molar-refractivity contribution >= 4 is 46.6 Å². The van der Waals surface area contributed by atoms with Gasteiger partial charge in [-0.1, -0.05) is 25.0 Å². The van der Waals surface area contributed by atoms with Gasteiger partial charge < -0.3 is 25.4 Å². The highest BCUT2D eigenvalue weighted by atomic mass is 32.1. The maximum absolute atomic E-state index is 14.5. The van der Waals surface area contributed by atoms with Gasteiger partial charge in [0.2, 0.25) is 11.8 Å². The van der Waals surface area contributed by atoms with Gasteiger partial charge in [-0.05, 0) is 96.1 Å². The van der Waals surface area contributed by atoms with Crippen LogP contribution in [0.4, 0.5) is 4.79 Å². The molecule has 264 valence electrons. The van der Waals surface area contributed by atoms with Gasteiger partial charge in [0.25, 0.3) is 5.56 Å². The number of amides is 3. The van der Waals surface area contributed by atoms with E-state index in [1.165, 1.54) is 32.3 Å². The first-order chi connectivity index (χ1) is 24.2. The molecule has 2 aliphatic carbocycles. The molecule has 7 rings (SSSR count). The van der Waals surface area contributed by atoms with Crippen LogP contribution in [0, 0.1) is 5.92 Å². The zero-order valence-corrected chi connectivity index (χ0v) is 29.3. The van der Waals surface area contributed by atoms with Crippen molar-refractivity contribution in [1.82, 2.24) is 25.3 Å². The van der Waals surface area contributed by atoms with Gasteiger partial charge in [0.05, 0.1) is 17.8 Å². The van der Waals surface area contributed by atoms with Crippen LogP contribution in [0.3, 0.4) is 0 Å². The van der Waals surface area contributed by atoms with Crippen molar-refractivity contribution in [2.45, 2.75) is 100 Å². The fourth-order valence-corrected chi connectivity index (χ4v) is 8.94. The van der Waals surface area contributed by atoms with E-state index in [0.29, 0.717) is 24.0 Å². The van der Waals surface area contributed by atoms with E-state index in [1.807, 2.05) is 45.8 Å². The Morgan fingerprint density at radius 1 is 1.00 bits per heavy atom. The monoisotopic (exact) mass is 719 g/mol. The third-order valence-electron chi connectivity index (χ3n) is 10.5. The number of carbonyl (C=O) groups excluding carboxylic acids is 3. The van der Waals surface area contributed by atoms with Gasteiger partial charge in [0, 0.05) is 24.4 Å². The van der Waals surface area contributed by atoms with Crippen molar-refractivity contribution < 1.29 is 29.0 Å². The summed E-state index contributed by atoms with van der Waals surface area (Å²) in [4.78, 5) is 69.8. The average molecular weight is 720 g/mol. The van der Waals surface area contributed by atoms with E-state index < -0.39 is 47.5 Å². The van der Waals surface area contributed by atoms with Crippen molar-refractivity contribution in [2.75, 3.05) is 6.54 Å². The molecule has 1 unspecified atom stereocenters. The Bertz CT molecular complexity index is 1820. The first kappa shape index (κ1) is 34.2. The summed E-state index contributed by atoms with van der Waals surface area (Å²) in [7, 11) is 0. The van der Waals surface area contributed by atoms with Crippen LogP contribution in [-0.2, 0) is 19.1 Å². The third-order valence-corrected chi connectivity index (χ3v) is 11.9. The molecule has 3 N–H and O–H groups in total. The SMILES string of the molecule is O=C(N[C@@H]1CCCCC/C=C\C2C[C@]2(C(=O)O)NC(=O)[C@@H]2C[C@H](n3ncc(-c4ccsc4)c(-c4ccsc4)c3=O)CN2C1=O)OC1CCCC1. The number of nitrogens with one attached hydrogen (secondary N) is 2. The third kappa shape index (κ3) is 6.87. The summed E-state index contributed by atoms with van der Waals surface area (Å²) in [5.41, 5.74) is 0.969. The average Bonchev–Trinajstić information content (AvgIpc) is 3.77. The number of allylic oxidation sites excluding steroid dienone is 1. The molecule has 0 aromatic carbocycles. The number of nitrogens with zero attached hydrogens (tertiary/aromatic N) is 3. The van der Waals surface area contributed by atoms with Crippen LogP contribution in [0.2, 0.25) is 0 Å². The fraction of sp³-hybridized carbons (Fsp3) is 0.500. The highest BCUT2D eigenvalue weighted by molar-refractivity contribution is 7.08. The maximum atomic E-state index is 14.5. The molecule has 2 aliphatic heterocycles. The Morgan fingerprint density at radius 2 is 1.74 bits per heavy atom. The molecule has 2 saturated carbocycles. The number of aromatic nitrogens is 2. The molecule has 12 nitrogen and oxygen atoms in total. The van der Waals surface area contributed by atoms with E-state index >= 15 is 0 Å². The molecule has 5 atom stereocenters.